The number of nitrogens with one attached hydrogen (secondary N) is 1. The molecule has 0 atom stereocenters. The van der Waals surface area contributed by atoms with Crippen LogP contribution >= 0.6 is 0 Å². The average Bonchev–Trinajstić information content (AvgIpc) is 3.17. The fourth-order valence-electron chi connectivity index (χ4n) is 3.32. The van der Waals surface area contributed by atoms with Crippen LogP contribution in [0.3, 0.4) is 0 Å². The molecule has 1 aromatic heterocycles. The first kappa shape index (κ1) is 22.1. The van der Waals surface area contributed by atoms with Gasteiger partial charge in [-0.05, 0) is 31.0 Å². The van der Waals surface area contributed by atoms with Crippen LogP contribution < -0.4 is 5.32 Å². The Balaban J connectivity index is 1.75. The highest BCUT2D eigenvalue weighted by Crippen LogP contribution is 2.19. The van der Waals surface area contributed by atoms with Gasteiger partial charge in [0.2, 0.25) is 5.91 Å². The van der Waals surface area contributed by atoms with Gasteiger partial charge in [-0.1, -0.05) is 43.3 Å². The second-order valence-electron chi connectivity index (χ2n) is 6.97. The number of carbonyl (C=O) groups excluding carboxylic acids is 2. The number of hydrogen-bond acceptors (Lipinski definition) is 3. The molecule has 0 spiro atoms. The zero-order valence-corrected chi connectivity index (χ0v) is 17.4. The second-order valence-corrected chi connectivity index (χ2v) is 6.97. The summed E-state index contributed by atoms with van der Waals surface area (Å²) in [4.78, 5) is 26.8. The van der Waals surface area contributed by atoms with E-state index in [0.717, 1.165) is 23.4 Å². The third-order valence-electron chi connectivity index (χ3n) is 4.92. The number of carbonyl (C=O) groups is 2. The number of likely N-dealkylation sites (N-methyl/N-ethyl adjacent to an activating group) is 1. The molecule has 0 aliphatic carbocycles. The van der Waals surface area contributed by atoms with Crippen molar-refractivity contribution in [2.75, 3.05) is 18.4 Å². The normalized spacial score (nSPS) is 10.7. The van der Waals surface area contributed by atoms with Gasteiger partial charge in [0.1, 0.15) is 23.9 Å². The zero-order chi connectivity index (χ0) is 22.4. The molecule has 0 unspecified atom stereocenters. The molecule has 8 heteroatoms. The van der Waals surface area contributed by atoms with E-state index in [0.29, 0.717) is 18.5 Å². The monoisotopic (exact) mass is 426 g/mol. The summed E-state index contributed by atoms with van der Waals surface area (Å²) in [5, 5.41) is 6.57. The number of benzene rings is 2. The van der Waals surface area contributed by atoms with Crippen molar-refractivity contribution in [3.05, 3.63) is 83.2 Å². The minimum atomic E-state index is -0.877. The van der Waals surface area contributed by atoms with Gasteiger partial charge in [0, 0.05) is 6.54 Å². The van der Waals surface area contributed by atoms with Gasteiger partial charge in [0.05, 0.1) is 24.0 Å². The lowest BCUT2D eigenvalue weighted by molar-refractivity contribution is -0.116. The molecule has 3 rings (SSSR count). The van der Waals surface area contributed by atoms with Crippen LogP contribution in [0, 0.1) is 11.6 Å². The first-order valence-electron chi connectivity index (χ1n) is 10.1. The molecule has 1 heterocycles. The van der Waals surface area contributed by atoms with Crippen LogP contribution in [0.15, 0.2) is 54.7 Å². The Hall–Kier alpha value is -3.55. The summed E-state index contributed by atoms with van der Waals surface area (Å²) in [7, 11) is 0. The van der Waals surface area contributed by atoms with E-state index in [1.54, 1.807) is 11.6 Å². The van der Waals surface area contributed by atoms with Gasteiger partial charge in [-0.3, -0.25) is 14.3 Å². The molecule has 2 amide bonds. The van der Waals surface area contributed by atoms with Crippen molar-refractivity contribution in [2.45, 2.75) is 26.8 Å². The highest BCUT2D eigenvalue weighted by Gasteiger charge is 2.23. The lowest BCUT2D eigenvalue weighted by Gasteiger charge is -2.21. The maximum absolute atomic E-state index is 13.8. The van der Waals surface area contributed by atoms with E-state index in [1.807, 2.05) is 37.3 Å². The summed E-state index contributed by atoms with van der Waals surface area (Å²) in [6.07, 6.45) is 2.08. The lowest BCUT2D eigenvalue weighted by atomic mass is 10.1. The SMILES string of the molecule is CCc1c(C(=O)N(CC)CC(=O)Nc2c(F)cccc2F)cnn1Cc1ccccc1. The van der Waals surface area contributed by atoms with Crippen molar-refractivity contribution >= 4 is 17.5 Å². The molecule has 0 aliphatic rings. The number of amides is 2. The number of halogens is 2. The fourth-order valence-corrected chi connectivity index (χ4v) is 3.32. The second kappa shape index (κ2) is 9.97. The quantitative estimate of drug-likeness (QED) is 0.595. The number of rotatable bonds is 8. The van der Waals surface area contributed by atoms with E-state index in [-0.39, 0.29) is 19.0 Å². The van der Waals surface area contributed by atoms with Crippen LogP contribution in [-0.2, 0) is 17.8 Å². The number of aromatic nitrogens is 2. The maximum Gasteiger partial charge on any atom is 0.257 e. The smallest absolute Gasteiger partial charge is 0.257 e. The third kappa shape index (κ3) is 5.14. The van der Waals surface area contributed by atoms with E-state index < -0.39 is 23.2 Å². The number of anilines is 1. The van der Waals surface area contributed by atoms with Crippen LogP contribution in [0.1, 0.15) is 35.5 Å². The number of para-hydroxylation sites is 1. The van der Waals surface area contributed by atoms with E-state index in [4.69, 9.17) is 0 Å². The van der Waals surface area contributed by atoms with Crippen molar-refractivity contribution in [1.82, 2.24) is 14.7 Å². The molecular weight excluding hydrogens is 402 g/mol. The minimum absolute atomic E-state index is 0.249. The highest BCUT2D eigenvalue weighted by molar-refractivity contribution is 6.00. The molecular formula is C23H24F2N4O2. The summed E-state index contributed by atoms with van der Waals surface area (Å²) in [6.45, 7) is 4.10. The van der Waals surface area contributed by atoms with E-state index in [1.165, 1.54) is 17.2 Å². The Morgan fingerprint density at radius 3 is 2.32 bits per heavy atom. The summed E-state index contributed by atoms with van der Waals surface area (Å²) < 4.78 is 29.3. The first-order chi connectivity index (χ1) is 14.9. The molecule has 0 saturated carbocycles. The van der Waals surface area contributed by atoms with Crippen molar-refractivity contribution < 1.29 is 18.4 Å². The molecule has 0 fully saturated rings. The summed E-state index contributed by atoms with van der Waals surface area (Å²) in [5.74, 6) is -2.80. The van der Waals surface area contributed by atoms with Gasteiger partial charge in [0.15, 0.2) is 0 Å². The van der Waals surface area contributed by atoms with Gasteiger partial charge in [-0.25, -0.2) is 8.78 Å². The van der Waals surface area contributed by atoms with Gasteiger partial charge < -0.3 is 10.2 Å². The topological polar surface area (TPSA) is 67.2 Å². The Labute approximate surface area is 179 Å². The molecule has 1 N–H and O–H groups in total. The molecule has 6 nitrogen and oxygen atoms in total. The Bertz CT molecular complexity index is 1050. The van der Waals surface area contributed by atoms with Crippen LogP contribution in [0.5, 0.6) is 0 Å². The van der Waals surface area contributed by atoms with Gasteiger partial charge >= 0.3 is 0 Å². The van der Waals surface area contributed by atoms with Crippen LogP contribution in [0.2, 0.25) is 0 Å². The summed E-state index contributed by atoms with van der Waals surface area (Å²) in [6, 6.07) is 13.1. The van der Waals surface area contributed by atoms with Crippen LogP contribution in [0.4, 0.5) is 14.5 Å². The highest BCUT2D eigenvalue weighted by atomic mass is 19.1. The van der Waals surface area contributed by atoms with Crippen molar-refractivity contribution in [3.8, 4) is 0 Å². The molecule has 0 bridgehead atoms. The molecule has 31 heavy (non-hydrogen) atoms. The molecule has 0 aliphatic heterocycles. The predicted octanol–water partition coefficient (Wildman–Crippen LogP) is 3.87. The van der Waals surface area contributed by atoms with Crippen molar-refractivity contribution in [2.24, 2.45) is 0 Å². The maximum atomic E-state index is 13.8. The zero-order valence-electron chi connectivity index (χ0n) is 17.4. The van der Waals surface area contributed by atoms with E-state index in [9.17, 15) is 18.4 Å². The van der Waals surface area contributed by atoms with Gasteiger partial charge in [-0.2, -0.15) is 5.10 Å². The summed E-state index contributed by atoms with van der Waals surface area (Å²) >= 11 is 0. The standard InChI is InChI=1S/C23H24F2N4O2/c1-3-20-17(13-26-29(20)14-16-9-6-5-7-10-16)23(31)28(4-2)15-21(30)27-22-18(24)11-8-12-19(22)25/h5-13H,3-4,14-15H2,1-2H3,(H,27,30). The van der Waals surface area contributed by atoms with Crippen molar-refractivity contribution in [1.29, 1.82) is 0 Å². The van der Waals surface area contributed by atoms with E-state index in [2.05, 4.69) is 10.4 Å². The van der Waals surface area contributed by atoms with Gasteiger partial charge in [-0.15, -0.1) is 0 Å². The minimum Gasteiger partial charge on any atom is -0.329 e. The number of hydrogen-bond donors (Lipinski definition) is 1. The van der Waals surface area contributed by atoms with E-state index >= 15 is 0 Å². The molecule has 0 saturated heterocycles. The lowest BCUT2D eigenvalue weighted by Crippen LogP contribution is -2.38. The average molecular weight is 426 g/mol. The molecule has 0 radical (unpaired) electrons. The molecule has 3 aromatic rings. The molecule has 2 aromatic carbocycles. The predicted molar refractivity (Wildman–Crippen MR) is 114 cm³/mol. The number of nitrogens with zero attached hydrogens (tertiary/aromatic N) is 3. The Kier molecular flexibility index (Phi) is 7.12. The van der Waals surface area contributed by atoms with Crippen LogP contribution in [-0.4, -0.2) is 39.6 Å². The fraction of sp³-hybridized carbons (Fsp3) is 0.261. The third-order valence-corrected chi connectivity index (χ3v) is 4.92. The van der Waals surface area contributed by atoms with Gasteiger partial charge in [0.25, 0.3) is 5.91 Å². The Morgan fingerprint density at radius 1 is 1.03 bits per heavy atom. The first-order valence-corrected chi connectivity index (χ1v) is 10.1. The molecule has 162 valence electrons. The summed E-state index contributed by atoms with van der Waals surface area (Å²) in [5.41, 5.74) is 1.69. The Morgan fingerprint density at radius 2 is 1.71 bits per heavy atom. The largest absolute Gasteiger partial charge is 0.329 e. The van der Waals surface area contributed by atoms with Crippen LogP contribution in [0.25, 0.3) is 0 Å². The van der Waals surface area contributed by atoms with Crippen molar-refractivity contribution in [3.63, 3.8) is 0 Å².